The predicted octanol–water partition coefficient (Wildman–Crippen LogP) is 3.35. The molecule has 2 heterocycles. The van der Waals surface area contributed by atoms with Gasteiger partial charge in [0.15, 0.2) is 9.84 Å². The highest BCUT2D eigenvalue weighted by Crippen LogP contribution is 2.45. The molecule has 4 rings (SSSR count). The van der Waals surface area contributed by atoms with Crippen LogP contribution in [0.15, 0.2) is 89.7 Å². The summed E-state index contributed by atoms with van der Waals surface area (Å²) in [7, 11) is -2.34. The van der Waals surface area contributed by atoms with Crippen molar-refractivity contribution in [3.8, 4) is 6.07 Å². The molecule has 2 aromatic heterocycles. The van der Waals surface area contributed by atoms with E-state index < -0.39 is 20.4 Å². The van der Waals surface area contributed by atoms with E-state index in [9.17, 15) is 12.8 Å². The van der Waals surface area contributed by atoms with Crippen LogP contribution in [-0.4, -0.2) is 43.3 Å². The molecule has 1 aromatic carbocycles. The molecule has 172 valence electrons. The van der Waals surface area contributed by atoms with Crippen molar-refractivity contribution in [3.63, 3.8) is 0 Å². The molecule has 0 fully saturated rings. The van der Waals surface area contributed by atoms with Gasteiger partial charge in [0, 0.05) is 37.2 Å². The molecule has 0 spiro atoms. The van der Waals surface area contributed by atoms with E-state index in [0.29, 0.717) is 29.1 Å². The highest BCUT2D eigenvalue weighted by molar-refractivity contribution is 7.93. The molecular weight excluding hydrogens is 453 g/mol. The molecule has 34 heavy (non-hydrogen) atoms. The lowest BCUT2D eigenvalue weighted by Crippen LogP contribution is -2.44. The Labute approximate surface area is 197 Å². The molecule has 0 bridgehead atoms. The van der Waals surface area contributed by atoms with E-state index >= 15 is 0 Å². The summed E-state index contributed by atoms with van der Waals surface area (Å²) in [6, 6.07) is 14.3. The number of aromatic nitrogens is 2. The Morgan fingerprint density at radius 1 is 1.12 bits per heavy atom. The van der Waals surface area contributed by atoms with Crippen molar-refractivity contribution in [3.05, 3.63) is 102 Å². The van der Waals surface area contributed by atoms with E-state index in [1.807, 2.05) is 6.07 Å². The lowest BCUT2D eigenvalue weighted by Gasteiger charge is -2.31. The predicted molar refractivity (Wildman–Crippen MR) is 128 cm³/mol. The number of rotatable bonds is 8. The zero-order valence-corrected chi connectivity index (χ0v) is 19.2. The molecule has 3 aromatic rings. The molecule has 1 aliphatic rings. The van der Waals surface area contributed by atoms with Gasteiger partial charge in [-0.1, -0.05) is 30.4 Å². The SMILES string of the molecule is CNCC1=CC(CNc2ccc(C#N)cn2)(S(=O)(=O)c2cccnc2)C(c2ccccc2F)=C1. The average molecular weight is 476 g/mol. The van der Waals surface area contributed by atoms with Crippen molar-refractivity contribution in [2.75, 3.05) is 25.5 Å². The number of hydrogen-bond acceptors (Lipinski definition) is 7. The number of sulfone groups is 1. The van der Waals surface area contributed by atoms with Gasteiger partial charge in [-0.3, -0.25) is 4.98 Å². The molecule has 1 unspecified atom stereocenters. The first kappa shape index (κ1) is 23.3. The monoisotopic (exact) mass is 475 g/mol. The van der Waals surface area contributed by atoms with Crippen LogP contribution in [0.2, 0.25) is 0 Å². The van der Waals surface area contributed by atoms with Gasteiger partial charge in [0.25, 0.3) is 0 Å². The van der Waals surface area contributed by atoms with Gasteiger partial charge in [0.2, 0.25) is 0 Å². The van der Waals surface area contributed by atoms with E-state index in [0.717, 1.165) is 0 Å². The van der Waals surface area contributed by atoms with E-state index in [-0.39, 0.29) is 17.0 Å². The third-order valence-electron chi connectivity index (χ3n) is 5.60. The summed E-state index contributed by atoms with van der Waals surface area (Å²) in [5.74, 6) is -0.127. The van der Waals surface area contributed by atoms with E-state index in [1.54, 1.807) is 55.6 Å². The normalized spacial score (nSPS) is 17.6. The number of anilines is 1. The highest BCUT2D eigenvalue weighted by atomic mass is 32.2. The van der Waals surface area contributed by atoms with Gasteiger partial charge in [0.05, 0.1) is 10.5 Å². The molecule has 1 aliphatic carbocycles. The Morgan fingerprint density at radius 3 is 2.59 bits per heavy atom. The number of benzene rings is 1. The van der Waals surface area contributed by atoms with Gasteiger partial charge in [-0.05, 0) is 48.5 Å². The molecule has 2 N–H and O–H groups in total. The molecular formula is C25H22FN5O2S. The molecule has 1 atom stereocenters. The van der Waals surface area contributed by atoms with Gasteiger partial charge in [0.1, 0.15) is 22.5 Å². The van der Waals surface area contributed by atoms with Gasteiger partial charge in [-0.25, -0.2) is 17.8 Å². The van der Waals surface area contributed by atoms with E-state index in [4.69, 9.17) is 5.26 Å². The van der Waals surface area contributed by atoms with Crippen molar-refractivity contribution < 1.29 is 12.8 Å². The van der Waals surface area contributed by atoms with Crippen molar-refractivity contribution in [1.29, 1.82) is 5.26 Å². The molecule has 9 heteroatoms. The van der Waals surface area contributed by atoms with Gasteiger partial charge in [-0.15, -0.1) is 0 Å². The van der Waals surface area contributed by atoms with Crippen LogP contribution in [0.1, 0.15) is 11.1 Å². The van der Waals surface area contributed by atoms with Crippen LogP contribution in [0.5, 0.6) is 0 Å². The van der Waals surface area contributed by atoms with Crippen LogP contribution < -0.4 is 10.6 Å². The topological polar surface area (TPSA) is 108 Å². The smallest absolute Gasteiger partial charge is 0.195 e. The summed E-state index contributed by atoms with van der Waals surface area (Å²) >= 11 is 0. The van der Waals surface area contributed by atoms with Gasteiger partial charge in [-0.2, -0.15) is 5.26 Å². The fraction of sp³-hybridized carbons (Fsp3) is 0.160. The standard InChI is InChI=1S/C25H22FN5O2S/c1-28-14-19-11-22(21-6-2-3-7-23(21)26)25(12-19,34(32,33)20-5-4-10-29-16-20)17-31-24-9-8-18(13-27)15-30-24/h2-12,15-16,28H,14,17H2,1H3,(H,30,31). The van der Waals surface area contributed by atoms with Crippen LogP contribution in [0, 0.1) is 17.1 Å². The zero-order chi connectivity index (χ0) is 24.2. The second kappa shape index (κ2) is 9.55. The van der Waals surface area contributed by atoms with Crippen LogP contribution in [0.25, 0.3) is 5.57 Å². The summed E-state index contributed by atoms with van der Waals surface area (Å²) in [5.41, 5.74) is 1.61. The maximum atomic E-state index is 15.0. The number of nitrogens with zero attached hydrogens (tertiary/aromatic N) is 3. The summed E-state index contributed by atoms with van der Waals surface area (Å²) in [6.07, 6.45) is 7.56. The van der Waals surface area contributed by atoms with Crippen molar-refractivity contribution in [1.82, 2.24) is 15.3 Å². The Morgan fingerprint density at radius 2 is 1.94 bits per heavy atom. The first-order valence-corrected chi connectivity index (χ1v) is 12.0. The Kier molecular flexibility index (Phi) is 6.54. The summed E-state index contributed by atoms with van der Waals surface area (Å²) in [4.78, 5) is 8.21. The molecule has 0 saturated heterocycles. The van der Waals surface area contributed by atoms with E-state index in [1.165, 1.54) is 30.7 Å². The second-order valence-corrected chi connectivity index (χ2v) is 9.97. The quantitative estimate of drug-likeness (QED) is 0.514. The number of hydrogen-bond donors (Lipinski definition) is 2. The summed E-state index contributed by atoms with van der Waals surface area (Å²) in [6.45, 7) is 0.286. The maximum absolute atomic E-state index is 15.0. The molecule has 0 radical (unpaired) electrons. The average Bonchev–Trinajstić information content (AvgIpc) is 3.24. The number of likely N-dealkylation sites (N-methyl/N-ethyl adjacent to an activating group) is 1. The molecule has 7 nitrogen and oxygen atoms in total. The minimum absolute atomic E-state index is 0.0220. The van der Waals surface area contributed by atoms with Crippen LogP contribution in [0.3, 0.4) is 0 Å². The number of halogens is 1. The van der Waals surface area contributed by atoms with Crippen molar-refractivity contribution in [2.24, 2.45) is 0 Å². The lowest BCUT2D eigenvalue weighted by atomic mass is 9.94. The minimum Gasteiger partial charge on any atom is -0.368 e. The molecule has 0 saturated carbocycles. The fourth-order valence-electron chi connectivity index (χ4n) is 3.98. The number of nitriles is 1. The Hall–Kier alpha value is -3.87. The summed E-state index contributed by atoms with van der Waals surface area (Å²) in [5, 5.41) is 15.1. The van der Waals surface area contributed by atoms with E-state index in [2.05, 4.69) is 20.6 Å². The van der Waals surface area contributed by atoms with Crippen LogP contribution in [0.4, 0.5) is 10.2 Å². The second-order valence-electron chi connectivity index (χ2n) is 7.77. The largest absolute Gasteiger partial charge is 0.368 e. The molecule has 0 aliphatic heterocycles. The first-order valence-electron chi connectivity index (χ1n) is 10.5. The minimum atomic E-state index is -4.09. The number of pyridine rings is 2. The molecule has 0 amide bonds. The third kappa shape index (κ3) is 4.21. The van der Waals surface area contributed by atoms with Gasteiger partial charge < -0.3 is 10.6 Å². The summed E-state index contributed by atoms with van der Waals surface area (Å²) < 4.78 is 41.6. The fourth-order valence-corrected chi connectivity index (χ4v) is 5.89. The third-order valence-corrected chi connectivity index (χ3v) is 7.90. The van der Waals surface area contributed by atoms with Crippen molar-refractivity contribution in [2.45, 2.75) is 9.64 Å². The first-order chi connectivity index (χ1) is 16.4. The Bertz CT molecular complexity index is 1400. The van der Waals surface area contributed by atoms with Crippen LogP contribution in [-0.2, 0) is 9.84 Å². The lowest BCUT2D eigenvalue weighted by molar-refractivity contribution is 0.578. The maximum Gasteiger partial charge on any atom is 0.195 e. The highest BCUT2D eigenvalue weighted by Gasteiger charge is 2.50. The van der Waals surface area contributed by atoms with Crippen molar-refractivity contribution >= 4 is 21.2 Å². The number of nitrogens with one attached hydrogen (secondary N) is 2. The van der Waals surface area contributed by atoms with Crippen LogP contribution >= 0.6 is 0 Å². The Balaban J connectivity index is 1.89. The van der Waals surface area contributed by atoms with Gasteiger partial charge >= 0.3 is 0 Å². The zero-order valence-electron chi connectivity index (χ0n) is 18.4.